The number of carbonyl (C=O) groups excluding carboxylic acids is 1. The Labute approximate surface area is 202 Å². The van der Waals surface area contributed by atoms with E-state index >= 15 is 0 Å². The Morgan fingerprint density at radius 2 is 1.47 bits per heavy atom. The zero-order valence-electron chi connectivity index (χ0n) is 20.4. The van der Waals surface area contributed by atoms with Crippen LogP contribution in [0, 0.1) is 5.92 Å². The molecule has 1 heterocycles. The molecule has 1 aliphatic carbocycles. The number of ketones is 1. The van der Waals surface area contributed by atoms with Crippen LogP contribution >= 0.6 is 0 Å². The van der Waals surface area contributed by atoms with E-state index in [9.17, 15) is 4.79 Å². The summed E-state index contributed by atoms with van der Waals surface area (Å²) in [4.78, 5) is 19.7. The summed E-state index contributed by atoms with van der Waals surface area (Å²) in [7, 11) is 0. The summed E-state index contributed by atoms with van der Waals surface area (Å²) < 4.78 is 11.9. The molecule has 0 unspecified atom stereocenters. The standard InChI is InChI=1S/C29H34N2O3/c1-21(32)28-30-18-17-25(31-28)20-34-27-15-11-24(12-16-27)29(2,3)23-9-13-26(14-10-23)33-19-22-7-5-4-6-8-22/h9-18,22H,4-8,19-20H2,1-3H3. The summed E-state index contributed by atoms with van der Waals surface area (Å²) >= 11 is 0. The van der Waals surface area contributed by atoms with Gasteiger partial charge < -0.3 is 9.47 Å². The molecule has 4 rings (SSSR count). The average molecular weight is 459 g/mol. The van der Waals surface area contributed by atoms with Crippen LogP contribution in [0.5, 0.6) is 11.5 Å². The van der Waals surface area contributed by atoms with Gasteiger partial charge in [-0.3, -0.25) is 4.79 Å². The van der Waals surface area contributed by atoms with E-state index in [0.29, 0.717) is 11.6 Å². The van der Waals surface area contributed by atoms with Gasteiger partial charge >= 0.3 is 0 Å². The van der Waals surface area contributed by atoms with Gasteiger partial charge in [0.1, 0.15) is 18.1 Å². The van der Waals surface area contributed by atoms with E-state index in [-0.39, 0.29) is 23.6 Å². The highest BCUT2D eigenvalue weighted by molar-refractivity contribution is 5.90. The van der Waals surface area contributed by atoms with Crippen LogP contribution in [-0.4, -0.2) is 22.4 Å². The fourth-order valence-electron chi connectivity index (χ4n) is 4.47. The molecule has 0 aliphatic heterocycles. The van der Waals surface area contributed by atoms with Crippen LogP contribution in [0.3, 0.4) is 0 Å². The van der Waals surface area contributed by atoms with Crippen LogP contribution in [-0.2, 0) is 12.0 Å². The maximum absolute atomic E-state index is 11.5. The number of aromatic nitrogens is 2. The highest BCUT2D eigenvalue weighted by Crippen LogP contribution is 2.33. The van der Waals surface area contributed by atoms with Crippen molar-refractivity contribution in [1.82, 2.24) is 9.97 Å². The van der Waals surface area contributed by atoms with Crippen molar-refractivity contribution in [3.8, 4) is 11.5 Å². The summed E-state index contributed by atoms with van der Waals surface area (Å²) in [6, 6.07) is 18.4. The maximum Gasteiger partial charge on any atom is 0.196 e. The van der Waals surface area contributed by atoms with Crippen LogP contribution < -0.4 is 9.47 Å². The largest absolute Gasteiger partial charge is 0.493 e. The number of Topliss-reactive ketones (excluding diaryl/α,β-unsaturated/α-hetero) is 1. The predicted molar refractivity (Wildman–Crippen MR) is 133 cm³/mol. The van der Waals surface area contributed by atoms with Gasteiger partial charge in [-0.2, -0.15) is 0 Å². The van der Waals surface area contributed by atoms with Gasteiger partial charge in [0.05, 0.1) is 12.3 Å². The average Bonchev–Trinajstić information content (AvgIpc) is 2.87. The molecule has 1 fully saturated rings. The topological polar surface area (TPSA) is 61.3 Å². The van der Waals surface area contributed by atoms with Crippen LogP contribution in [0.4, 0.5) is 0 Å². The number of rotatable bonds is 9. The first kappa shape index (κ1) is 23.9. The van der Waals surface area contributed by atoms with Gasteiger partial charge in [0, 0.05) is 18.5 Å². The molecule has 1 saturated carbocycles. The minimum absolute atomic E-state index is 0.149. The smallest absolute Gasteiger partial charge is 0.196 e. The van der Waals surface area contributed by atoms with Crippen molar-refractivity contribution in [3.05, 3.63) is 83.4 Å². The lowest BCUT2D eigenvalue weighted by atomic mass is 9.78. The molecular weight excluding hydrogens is 424 g/mol. The van der Waals surface area contributed by atoms with Gasteiger partial charge in [0.2, 0.25) is 0 Å². The van der Waals surface area contributed by atoms with Crippen LogP contribution in [0.25, 0.3) is 0 Å². The molecule has 1 aromatic heterocycles. The molecule has 0 N–H and O–H groups in total. The van der Waals surface area contributed by atoms with Crippen molar-refractivity contribution < 1.29 is 14.3 Å². The number of hydrogen-bond donors (Lipinski definition) is 0. The lowest BCUT2D eigenvalue weighted by Crippen LogP contribution is -2.19. The van der Waals surface area contributed by atoms with Crippen molar-refractivity contribution in [2.75, 3.05) is 6.61 Å². The molecule has 0 saturated heterocycles. The lowest BCUT2D eigenvalue weighted by Gasteiger charge is -2.27. The normalized spacial score (nSPS) is 14.6. The summed E-state index contributed by atoms with van der Waals surface area (Å²) in [5, 5.41) is 0. The van der Waals surface area contributed by atoms with Gasteiger partial charge in [-0.05, 0) is 60.2 Å². The zero-order valence-corrected chi connectivity index (χ0v) is 20.4. The quantitative estimate of drug-likeness (QED) is 0.341. The number of benzene rings is 2. The Morgan fingerprint density at radius 3 is 2.06 bits per heavy atom. The maximum atomic E-state index is 11.5. The fraction of sp³-hybridized carbons (Fsp3) is 0.414. The molecule has 0 spiro atoms. The Bertz CT molecular complexity index is 1090. The van der Waals surface area contributed by atoms with E-state index in [0.717, 1.165) is 18.1 Å². The zero-order chi connectivity index (χ0) is 24.0. The number of hydrogen-bond acceptors (Lipinski definition) is 5. The highest BCUT2D eigenvalue weighted by Gasteiger charge is 2.23. The summed E-state index contributed by atoms with van der Waals surface area (Å²) in [5.41, 5.74) is 2.97. The van der Waals surface area contributed by atoms with E-state index in [1.807, 2.05) is 12.1 Å². The molecular formula is C29H34N2O3. The summed E-state index contributed by atoms with van der Waals surface area (Å²) in [6.07, 6.45) is 8.23. The van der Waals surface area contributed by atoms with Crippen molar-refractivity contribution in [2.24, 2.45) is 5.92 Å². The van der Waals surface area contributed by atoms with E-state index in [1.54, 1.807) is 12.3 Å². The number of carbonyl (C=O) groups is 1. The molecule has 0 radical (unpaired) electrons. The van der Waals surface area contributed by atoms with E-state index in [1.165, 1.54) is 50.2 Å². The van der Waals surface area contributed by atoms with E-state index in [2.05, 4.69) is 60.2 Å². The minimum Gasteiger partial charge on any atom is -0.493 e. The van der Waals surface area contributed by atoms with Crippen molar-refractivity contribution >= 4 is 5.78 Å². The van der Waals surface area contributed by atoms with Crippen molar-refractivity contribution in [3.63, 3.8) is 0 Å². The Morgan fingerprint density at radius 1 is 0.882 bits per heavy atom. The molecule has 0 amide bonds. The molecule has 0 bridgehead atoms. The fourth-order valence-corrected chi connectivity index (χ4v) is 4.47. The first-order chi connectivity index (χ1) is 16.4. The molecule has 0 atom stereocenters. The van der Waals surface area contributed by atoms with Gasteiger partial charge in [-0.25, -0.2) is 9.97 Å². The van der Waals surface area contributed by atoms with Gasteiger partial charge in [-0.1, -0.05) is 57.4 Å². The predicted octanol–water partition coefficient (Wildman–Crippen LogP) is 6.54. The molecule has 1 aliphatic rings. The summed E-state index contributed by atoms with van der Waals surface area (Å²) in [5.74, 6) is 2.47. The van der Waals surface area contributed by atoms with Gasteiger partial charge in [0.15, 0.2) is 11.6 Å². The van der Waals surface area contributed by atoms with E-state index in [4.69, 9.17) is 9.47 Å². The second-order valence-corrected chi connectivity index (χ2v) is 9.71. The second kappa shape index (κ2) is 10.8. The third-order valence-electron chi connectivity index (χ3n) is 6.78. The van der Waals surface area contributed by atoms with Crippen LogP contribution in [0.15, 0.2) is 60.8 Å². The molecule has 5 nitrogen and oxygen atoms in total. The molecule has 3 aromatic rings. The monoisotopic (exact) mass is 458 g/mol. The molecule has 178 valence electrons. The third kappa shape index (κ3) is 6.02. The van der Waals surface area contributed by atoms with Gasteiger partial charge in [-0.15, -0.1) is 0 Å². The van der Waals surface area contributed by atoms with E-state index < -0.39 is 0 Å². The Kier molecular flexibility index (Phi) is 7.61. The van der Waals surface area contributed by atoms with Crippen LogP contribution in [0.2, 0.25) is 0 Å². The highest BCUT2D eigenvalue weighted by atomic mass is 16.5. The Hall–Kier alpha value is -3.21. The lowest BCUT2D eigenvalue weighted by molar-refractivity contribution is 0.100. The van der Waals surface area contributed by atoms with Crippen LogP contribution in [0.1, 0.15) is 80.3 Å². The number of ether oxygens (including phenoxy) is 2. The first-order valence-corrected chi connectivity index (χ1v) is 12.2. The van der Waals surface area contributed by atoms with Crippen molar-refractivity contribution in [1.29, 1.82) is 0 Å². The Balaban J connectivity index is 1.35. The van der Waals surface area contributed by atoms with Crippen molar-refractivity contribution in [2.45, 2.75) is 64.9 Å². The second-order valence-electron chi connectivity index (χ2n) is 9.71. The molecule has 5 heteroatoms. The van der Waals surface area contributed by atoms with Gasteiger partial charge in [0.25, 0.3) is 0 Å². The summed E-state index contributed by atoms with van der Waals surface area (Å²) in [6.45, 7) is 7.03. The third-order valence-corrected chi connectivity index (χ3v) is 6.78. The molecule has 34 heavy (non-hydrogen) atoms. The SMILES string of the molecule is CC(=O)c1nccc(COc2ccc(C(C)(C)c3ccc(OCC4CCCCC4)cc3)cc2)n1. The minimum atomic E-state index is -0.155. The number of nitrogens with zero attached hydrogens (tertiary/aromatic N) is 2. The molecule has 2 aromatic carbocycles. The first-order valence-electron chi connectivity index (χ1n) is 12.2.